The third-order valence-electron chi connectivity index (χ3n) is 4.80. The van der Waals surface area contributed by atoms with Crippen LogP contribution in [0.15, 0.2) is 41.3 Å². The van der Waals surface area contributed by atoms with Gasteiger partial charge in [0.2, 0.25) is 0 Å². The van der Waals surface area contributed by atoms with E-state index in [0.29, 0.717) is 19.1 Å². The molecule has 4 heterocycles. The summed E-state index contributed by atoms with van der Waals surface area (Å²) in [6, 6.07) is 6.03. The predicted octanol–water partition coefficient (Wildman–Crippen LogP) is 2.54. The number of rotatable bonds is 4. The standard InChI is InChI=1S/C17H15BrN6O/c18-13-3-4-16(19-7-13)17(9-25-10-17)24-8-15(22-23-24)14-5-12(6-20-21-14)11-1-2-11/h3-8,11H,1-2,9-10H2. The van der Waals surface area contributed by atoms with Crippen LogP contribution in [0.1, 0.15) is 30.0 Å². The van der Waals surface area contributed by atoms with Crippen molar-refractivity contribution < 1.29 is 4.74 Å². The molecule has 3 aromatic heterocycles. The lowest BCUT2D eigenvalue weighted by Gasteiger charge is -2.40. The van der Waals surface area contributed by atoms with E-state index in [2.05, 4.69) is 47.5 Å². The lowest BCUT2D eigenvalue weighted by Crippen LogP contribution is -2.53. The highest BCUT2D eigenvalue weighted by molar-refractivity contribution is 9.10. The Morgan fingerprint density at radius 2 is 2.00 bits per heavy atom. The van der Waals surface area contributed by atoms with Crippen molar-refractivity contribution in [2.75, 3.05) is 13.2 Å². The number of nitrogens with zero attached hydrogens (tertiary/aromatic N) is 6. The second-order valence-corrected chi connectivity index (χ2v) is 7.50. The fourth-order valence-electron chi connectivity index (χ4n) is 3.08. The van der Waals surface area contributed by atoms with Crippen molar-refractivity contribution in [3.63, 3.8) is 0 Å². The molecule has 25 heavy (non-hydrogen) atoms. The summed E-state index contributed by atoms with van der Waals surface area (Å²) in [5.41, 5.74) is 3.22. The molecule has 1 saturated carbocycles. The van der Waals surface area contributed by atoms with Gasteiger partial charge in [0.25, 0.3) is 0 Å². The Bertz CT molecular complexity index is 917. The van der Waals surface area contributed by atoms with Crippen LogP contribution in [0.25, 0.3) is 11.4 Å². The minimum atomic E-state index is -0.409. The Balaban J connectivity index is 1.51. The zero-order valence-corrected chi connectivity index (χ0v) is 14.9. The first-order chi connectivity index (χ1) is 12.2. The quantitative estimate of drug-likeness (QED) is 0.671. The van der Waals surface area contributed by atoms with Gasteiger partial charge in [-0.25, -0.2) is 4.68 Å². The van der Waals surface area contributed by atoms with Crippen LogP contribution in [0.2, 0.25) is 0 Å². The molecule has 0 bridgehead atoms. The van der Waals surface area contributed by atoms with E-state index < -0.39 is 5.54 Å². The number of ether oxygens (including phenoxy) is 1. The first-order valence-electron chi connectivity index (χ1n) is 8.20. The van der Waals surface area contributed by atoms with Gasteiger partial charge in [-0.05, 0) is 58.5 Å². The lowest BCUT2D eigenvalue weighted by atomic mass is 9.92. The molecule has 1 saturated heterocycles. The van der Waals surface area contributed by atoms with Crippen molar-refractivity contribution in [2.24, 2.45) is 0 Å². The lowest BCUT2D eigenvalue weighted by molar-refractivity contribution is -0.0851. The number of pyridine rings is 1. The van der Waals surface area contributed by atoms with Crippen LogP contribution < -0.4 is 0 Å². The van der Waals surface area contributed by atoms with Crippen LogP contribution in [-0.2, 0) is 10.3 Å². The van der Waals surface area contributed by atoms with Gasteiger partial charge >= 0.3 is 0 Å². The van der Waals surface area contributed by atoms with E-state index in [1.54, 1.807) is 6.20 Å². The Hall–Kier alpha value is -2.19. The molecule has 0 N–H and O–H groups in total. The van der Waals surface area contributed by atoms with Crippen molar-refractivity contribution in [1.82, 2.24) is 30.2 Å². The van der Waals surface area contributed by atoms with E-state index >= 15 is 0 Å². The zero-order valence-electron chi connectivity index (χ0n) is 13.3. The second kappa shape index (κ2) is 5.67. The van der Waals surface area contributed by atoms with E-state index in [4.69, 9.17) is 4.74 Å². The molecule has 2 aliphatic rings. The Kier molecular flexibility index (Phi) is 3.42. The maximum Gasteiger partial charge on any atom is 0.152 e. The average molecular weight is 399 g/mol. The van der Waals surface area contributed by atoms with Gasteiger partial charge in [0.15, 0.2) is 5.54 Å². The molecule has 0 spiro atoms. The molecule has 0 amide bonds. The topological polar surface area (TPSA) is 78.6 Å². The molecule has 0 radical (unpaired) electrons. The first-order valence-corrected chi connectivity index (χ1v) is 8.99. The molecule has 0 atom stereocenters. The number of hydrogen-bond acceptors (Lipinski definition) is 6. The second-order valence-electron chi connectivity index (χ2n) is 6.58. The first kappa shape index (κ1) is 15.1. The largest absolute Gasteiger partial charge is 0.375 e. The maximum atomic E-state index is 5.48. The fourth-order valence-corrected chi connectivity index (χ4v) is 3.32. The van der Waals surface area contributed by atoms with Gasteiger partial charge in [0.1, 0.15) is 11.4 Å². The molecule has 8 heteroatoms. The maximum absolute atomic E-state index is 5.48. The van der Waals surface area contributed by atoms with Crippen LogP contribution in [-0.4, -0.2) is 43.4 Å². The van der Waals surface area contributed by atoms with Crippen molar-refractivity contribution in [3.8, 4) is 11.4 Å². The van der Waals surface area contributed by atoms with Crippen LogP contribution in [0.5, 0.6) is 0 Å². The summed E-state index contributed by atoms with van der Waals surface area (Å²) >= 11 is 3.42. The highest BCUT2D eigenvalue weighted by Gasteiger charge is 2.45. The number of halogens is 1. The van der Waals surface area contributed by atoms with Crippen LogP contribution >= 0.6 is 15.9 Å². The summed E-state index contributed by atoms with van der Waals surface area (Å²) in [7, 11) is 0. The minimum Gasteiger partial charge on any atom is -0.375 e. The molecule has 1 aliphatic carbocycles. The molecular formula is C17H15BrN6O. The number of hydrogen-bond donors (Lipinski definition) is 0. The van der Waals surface area contributed by atoms with E-state index in [9.17, 15) is 0 Å². The molecule has 0 unspecified atom stereocenters. The predicted molar refractivity (Wildman–Crippen MR) is 92.9 cm³/mol. The van der Waals surface area contributed by atoms with E-state index in [1.807, 2.05) is 29.2 Å². The summed E-state index contributed by atoms with van der Waals surface area (Å²) in [4.78, 5) is 4.53. The number of aromatic nitrogens is 6. The highest BCUT2D eigenvalue weighted by atomic mass is 79.9. The van der Waals surface area contributed by atoms with Crippen LogP contribution in [0.4, 0.5) is 0 Å². The summed E-state index contributed by atoms with van der Waals surface area (Å²) < 4.78 is 8.27. The van der Waals surface area contributed by atoms with Gasteiger partial charge in [-0.1, -0.05) is 5.21 Å². The molecular weight excluding hydrogens is 384 g/mol. The zero-order chi connectivity index (χ0) is 16.9. The van der Waals surface area contributed by atoms with Crippen LogP contribution in [0.3, 0.4) is 0 Å². The van der Waals surface area contributed by atoms with Gasteiger partial charge in [-0.15, -0.1) is 10.2 Å². The van der Waals surface area contributed by atoms with Gasteiger partial charge in [-0.3, -0.25) is 4.98 Å². The summed E-state index contributed by atoms with van der Waals surface area (Å²) in [5.74, 6) is 0.627. The Labute approximate surface area is 152 Å². The van der Waals surface area contributed by atoms with E-state index in [-0.39, 0.29) is 0 Å². The summed E-state index contributed by atoms with van der Waals surface area (Å²) in [6.45, 7) is 1.05. The Morgan fingerprint density at radius 1 is 1.12 bits per heavy atom. The van der Waals surface area contributed by atoms with Crippen molar-refractivity contribution in [1.29, 1.82) is 0 Å². The summed E-state index contributed by atoms with van der Waals surface area (Å²) in [5, 5.41) is 17.0. The normalized spacial score (nSPS) is 18.8. The molecule has 2 fully saturated rings. The third-order valence-corrected chi connectivity index (χ3v) is 5.27. The molecule has 7 nitrogen and oxygen atoms in total. The monoisotopic (exact) mass is 398 g/mol. The van der Waals surface area contributed by atoms with Gasteiger partial charge in [0, 0.05) is 10.7 Å². The molecule has 126 valence electrons. The molecule has 0 aromatic carbocycles. The van der Waals surface area contributed by atoms with E-state index in [0.717, 1.165) is 21.6 Å². The van der Waals surface area contributed by atoms with Crippen LogP contribution in [0, 0.1) is 0 Å². The highest BCUT2D eigenvalue weighted by Crippen LogP contribution is 2.40. The third kappa shape index (κ3) is 2.56. The molecule has 1 aliphatic heterocycles. The smallest absolute Gasteiger partial charge is 0.152 e. The van der Waals surface area contributed by atoms with Crippen molar-refractivity contribution >= 4 is 15.9 Å². The SMILES string of the molecule is Brc1ccc(C2(n3cc(-c4cc(C5CC5)cnn4)nn3)COC2)nc1. The fraction of sp³-hybridized carbons (Fsp3) is 0.353. The van der Waals surface area contributed by atoms with E-state index in [1.165, 1.54) is 18.4 Å². The van der Waals surface area contributed by atoms with Gasteiger partial charge in [-0.2, -0.15) is 5.10 Å². The minimum absolute atomic E-state index is 0.409. The molecule has 5 rings (SSSR count). The molecule has 3 aromatic rings. The summed E-state index contributed by atoms with van der Waals surface area (Å²) in [6.07, 6.45) is 8.00. The van der Waals surface area contributed by atoms with Crippen molar-refractivity contribution in [2.45, 2.75) is 24.3 Å². The van der Waals surface area contributed by atoms with Crippen molar-refractivity contribution in [3.05, 3.63) is 52.5 Å². The van der Waals surface area contributed by atoms with Gasteiger partial charge < -0.3 is 4.74 Å². The average Bonchev–Trinajstić information content (AvgIpc) is 3.34. The van der Waals surface area contributed by atoms with Gasteiger partial charge in [0.05, 0.1) is 31.3 Å². The Morgan fingerprint density at radius 3 is 2.68 bits per heavy atom.